The number of thiazole rings is 1. The number of nitrogens with zero attached hydrogens (tertiary/aromatic N) is 4. The number of hydrogen-bond acceptors (Lipinski definition) is 6. The maximum absolute atomic E-state index is 14.1. The van der Waals surface area contributed by atoms with Gasteiger partial charge in [-0.3, -0.25) is 9.36 Å². The molecule has 1 aliphatic heterocycles. The third kappa shape index (κ3) is 4.87. The highest BCUT2D eigenvalue weighted by atomic mass is 35.5. The first-order chi connectivity index (χ1) is 20.4. The molecule has 7 nitrogen and oxygen atoms in total. The Hall–Kier alpha value is -4.71. The fourth-order valence-electron chi connectivity index (χ4n) is 5.33. The number of carbonyl (C=O) groups excluding carboxylic acids is 1. The van der Waals surface area contributed by atoms with E-state index in [-0.39, 0.29) is 12.2 Å². The highest BCUT2D eigenvalue weighted by Gasteiger charge is 2.34. The van der Waals surface area contributed by atoms with Gasteiger partial charge in [0.25, 0.3) is 5.56 Å². The zero-order valence-electron chi connectivity index (χ0n) is 22.9. The van der Waals surface area contributed by atoms with Gasteiger partial charge in [0.1, 0.15) is 6.04 Å². The summed E-state index contributed by atoms with van der Waals surface area (Å²) in [6.45, 7) is 4.30. The van der Waals surface area contributed by atoms with E-state index in [1.165, 1.54) is 11.3 Å². The third-order valence-electron chi connectivity index (χ3n) is 7.26. The minimum Gasteiger partial charge on any atom is -0.463 e. The van der Waals surface area contributed by atoms with Crippen LogP contribution in [0.5, 0.6) is 0 Å². The molecule has 0 fully saturated rings. The molecule has 42 heavy (non-hydrogen) atoms. The van der Waals surface area contributed by atoms with Crippen molar-refractivity contribution in [2.75, 3.05) is 6.61 Å². The lowest BCUT2D eigenvalue weighted by Crippen LogP contribution is -2.40. The molecule has 1 atom stereocenters. The summed E-state index contributed by atoms with van der Waals surface area (Å²) < 4.78 is 9.55. The highest BCUT2D eigenvalue weighted by molar-refractivity contribution is 7.07. The second-order valence-electron chi connectivity index (χ2n) is 9.86. The maximum atomic E-state index is 14.1. The average molecular weight is 593 g/mol. The van der Waals surface area contributed by atoms with Gasteiger partial charge in [-0.1, -0.05) is 71.5 Å². The number of benzene rings is 3. The van der Waals surface area contributed by atoms with Crippen LogP contribution in [-0.2, 0) is 16.1 Å². The van der Waals surface area contributed by atoms with Crippen LogP contribution in [0, 0.1) is 11.3 Å². The van der Waals surface area contributed by atoms with E-state index in [1.807, 2.05) is 79.0 Å². The number of ether oxygens (including phenoxy) is 1. The molecule has 5 aromatic rings. The van der Waals surface area contributed by atoms with E-state index < -0.39 is 12.0 Å². The molecular weight excluding hydrogens is 568 g/mol. The van der Waals surface area contributed by atoms with Crippen molar-refractivity contribution in [2.24, 2.45) is 4.99 Å². The lowest BCUT2D eigenvalue weighted by atomic mass is 9.96. The molecule has 0 bridgehead atoms. The monoisotopic (exact) mass is 592 g/mol. The van der Waals surface area contributed by atoms with Gasteiger partial charge in [-0.25, -0.2) is 9.79 Å². The van der Waals surface area contributed by atoms with Crippen molar-refractivity contribution in [2.45, 2.75) is 26.4 Å². The topological polar surface area (TPSA) is 89.4 Å². The van der Waals surface area contributed by atoms with Crippen LogP contribution in [0.2, 0.25) is 5.02 Å². The van der Waals surface area contributed by atoms with Gasteiger partial charge in [-0.15, -0.1) is 0 Å². The lowest BCUT2D eigenvalue weighted by Gasteiger charge is -2.25. The van der Waals surface area contributed by atoms with E-state index in [2.05, 4.69) is 15.6 Å². The van der Waals surface area contributed by atoms with E-state index in [9.17, 15) is 9.59 Å². The van der Waals surface area contributed by atoms with Crippen LogP contribution in [0.25, 0.3) is 17.0 Å². The lowest BCUT2D eigenvalue weighted by molar-refractivity contribution is -0.139. The first-order valence-electron chi connectivity index (χ1n) is 13.4. The van der Waals surface area contributed by atoms with Gasteiger partial charge in [0.2, 0.25) is 0 Å². The zero-order valence-corrected chi connectivity index (χ0v) is 24.4. The molecule has 208 valence electrons. The normalized spacial score (nSPS) is 14.9. The molecular formula is C33H25ClN4O3S. The number of carbonyl (C=O) groups is 1. The molecule has 0 spiro atoms. The summed E-state index contributed by atoms with van der Waals surface area (Å²) in [4.78, 5) is 32.4. The Morgan fingerprint density at radius 3 is 2.60 bits per heavy atom. The fraction of sp³-hybridized carbons (Fsp3) is 0.152. The molecule has 0 saturated heterocycles. The van der Waals surface area contributed by atoms with E-state index in [0.29, 0.717) is 43.3 Å². The van der Waals surface area contributed by atoms with Crippen LogP contribution in [0.1, 0.15) is 42.1 Å². The van der Waals surface area contributed by atoms with Crippen LogP contribution in [0.4, 0.5) is 0 Å². The summed E-state index contributed by atoms with van der Waals surface area (Å²) in [5, 5.41) is 10.6. The smallest absolute Gasteiger partial charge is 0.338 e. The van der Waals surface area contributed by atoms with Gasteiger partial charge in [0, 0.05) is 34.2 Å². The van der Waals surface area contributed by atoms with Crippen LogP contribution >= 0.6 is 22.9 Å². The van der Waals surface area contributed by atoms with Gasteiger partial charge in [0.05, 0.1) is 34.0 Å². The Balaban J connectivity index is 1.51. The number of hydrogen-bond donors (Lipinski definition) is 0. The molecule has 6 rings (SSSR count). The number of aromatic nitrogens is 2. The number of para-hydroxylation sites is 1. The highest BCUT2D eigenvalue weighted by Crippen LogP contribution is 2.34. The molecule has 0 saturated carbocycles. The molecule has 3 heterocycles. The number of fused-ring (bicyclic) bond motifs is 2. The Labute approximate surface area is 250 Å². The fourth-order valence-corrected chi connectivity index (χ4v) is 6.60. The van der Waals surface area contributed by atoms with Crippen molar-refractivity contribution in [3.8, 4) is 6.07 Å². The Morgan fingerprint density at radius 1 is 1.12 bits per heavy atom. The molecule has 2 aromatic heterocycles. The first kappa shape index (κ1) is 27.5. The van der Waals surface area contributed by atoms with Crippen LogP contribution in [0.15, 0.2) is 100 Å². The average Bonchev–Trinajstić information content (AvgIpc) is 3.49. The summed E-state index contributed by atoms with van der Waals surface area (Å²) in [6, 6.07) is 24.1. The molecule has 0 aliphatic carbocycles. The van der Waals surface area contributed by atoms with Gasteiger partial charge < -0.3 is 9.30 Å². The molecule has 1 aliphatic rings. The summed E-state index contributed by atoms with van der Waals surface area (Å²) in [5.74, 6) is -0.524. The maximum Gasteiger partial charge on any atom is 0.338 e. The predicted molar refractivity (Wildman–Crippen MR) is 164 cm³/mol. The summed E-state index contributed by atoms with van der Waals surface area (Å²) >= 11 is 7.89. The van der Waals surface area contributed by atoms with Crippen molar-refractivity contribution in [3.05, 3.63) is 137 Å². The number of allylic oxidation sites excluding steroid dienone is 1. The van der Waals surface area contributed by atoms with E-state index >= 15 is 0 Å². The van der Waals surface area contributed by atoms with Crippen molar-refractivity contribution in [3.63, 3.8) is 0 Å². The van der Waals surface area contributed by atoms with Crippen molar-refractivity contribution in [1.82, 2.24) is 9.13 Å². The molecule has 0 unspecified atom stereocenters. The van der Waals surface area contributed by atoms with Gasteiger partial charge in [-0.05, 0) is 55.3 Å². The first-order valence-corrected chi connectivity index (χ1v) is 14.6. The summed E-state index contributed by atoms with van der Waals surface area (Å²) in [6.07, 6.45) is 3.91. The number of nitriles is 1. The second-order valence-corrected chi connectivity index (χ2v) is 11.3. The SMILES string of the molecule is CCOC(=O)C1=C(C)N=c2s/c(=C\c3cn(Cc4ccc(C#N)cc4)c4ccccc34)c(=O)n2[C@@H]1c1ccccc1Cl. The zero-order chi connectivity index (χ0) is 29.4. The van der Waals surface area contributed by atoms with Crippen LogP contribution in [-0.4, -0.2) is 21.7 Å². The Kier molecular flexibility index (Phi) is 7.38. The van der Waals surface area contributed by atoms with Gasteiger partial charge >= 0.3 is 5.97 Å². The predicted octanol–water partition coefficient (Wildman–Crippen LogP) is 5.33. The minimum atomic E-state index is -0.770. The van der Waals surface area contributed by atoms with Gasteiger partial charge in [-0.2, -0.15) is 5.26 Å². The third-order valence-corrected chi connectivity index (χ3v) is 8.59. The largest absolute Gasteiger partial charge is 0.463 e. The minimum absolute atomic E-state index is 0.196. The quantitative estimate of drug-likeness (QED) is 0.249. The molecule has 0 amide bonds. The molecule has 9 heteroatoms. The standard InChI is InChI=1S/C33H25ClN4O3S/c1-3-41-32(40)29-20(2)36-33-38(30(29)25-9-4-6-10-26(25)34)31(39)28(42-33)16-23-19-37(27-11-7-5-8-24(23)27)18-22-14-12-21(17-35)13-15-22/h4-16,19,30H,3,18H2,1-2H3/b28-16-/t30-/m1/s1. The molecule has 0 radical (unpaired) electrons. The second kappa shape index (κ2) is 11.3. The van der Waals surface area contributed by atoms with Crippen molar-refractivity contribution in [1.29, 1.82) is 5.26 Å². The van der Waals surface area contributed by atoms with E-state index in [1.54, 1.807) is 24.5 Å². The Morgan fingerprint density at radius 2 is 1.86 bits per heavy atom. The Bertz CT molecular complexity index is 2110. The number of rotatable bonds is 6. The molecule has 3 aromatic carbocycles. The van der Waals surface area contributed by atoms with Gasteiger partial charge in [0.15, 0.2) is 4.80 Å². The summed E-state index contributed by atoms with van der Waals surface area (Å²) in [7, 11) is 0. The summed E-state index contributed by atoms with van der Waals surface area (Å²) in [5.41, 5.74) is 4.74. The van der Waals surface area contributed by atoms with Crippen LogP contribution in [0.3, 0.4) is 0 Å². The van der Waals surface area contributed by atoms with Crippen molar-refractivity contribution >= 4 is 45.9 Å². The van der Waals surface area contributed by atoms with Crippen molar-refractivity contribution < 1.29 is 9.53 Å². The van der Waals surface area contributed by atoms with Crippen LogP contribution < -0.4 is 14.9 Å². The molecule has 0 N–H and O–H groups in total. The number of esters is 1. The van der Waals surface area contributed by atoms with E-state index in [0.717, 1.165) is 22.0 Å². The number of halogens is 1. The van der Waals surface area contributed by atoms with E-state index in [4.69, 9.17) is 21.6 Å².